The first-order valence-corrected chi connectivity index (χ1v) is 7.20. The van der Waals surface area contributed by atoms with Gasteiger partial charge in [-0.25, -0.2) is 4.79 Å². The molecule has 0 radical (unpaired) electrons. The number of hydrogen-bond acceptors (Lipinski definition) is 4. The molecule has 0 fully saturated rings. The number of nitriles is 1. The molecule has 0 unspecified atom stereocenters. The number of hydrogen-bond donors (Lipinski definition) is 1. The summed E-state index contributed by atoms with van der Waals surface area (Å²) in [7, 11) is 0. The third-order valence-electron chi connectivity index (χ3n) is 3.28. The summed E-state index contributed by atoms with van der Waals surface area (Å²) in [5.41, 5.74) is 3.28. The van der Waals surface area contributed by atoms with Crippen LogP contribution in [-0.4, -0.2) is 12.6 Å². The van der Waals surface area contributed by atoms with Gasteiger partial charge < -0.3 is 10.1 Å². The van der Waals surface area contributed by atoms with Gasteiger partial charge in [0.1, 0.15) is 0 Å². The van der Waals surface area contributed by atoms with Crippen LogP contribution in [0.15, 0.2) is 48.5 Å². The molecule has 2 aromatic rings. The van der Waals surface area contributed by atoms with Crippen molar-refractivity contribution in [3.63, 3.8) is 0 Å². The van der Waals surface area contributed by atoms with E-state index in [9.17, 15) is 4.79 Å². The largest absolute Gasteiger partial charge is 0.462 e. The monoisotopic (exact) mass is 294 g/mol. The number of nitrogens with zero attached hydrogens (tertiary/aromatic N) is 1. The molecular formula is C18H18N2O2. The van der Waals surface area contributed by atoms with E-state index in [0.717, 1.165) is 16.8 Å². The number of benzene rings is 2. The second-order valence-corrected chi connectivity index (χ2v) is 4.72. The normalized spacial score (nSPS) is 9.82. The fourth-order valence-electron chi connectivity index (χ4n) is 2.20. The molecule has 0 aliphatic heterocycles. The van der Waals surface area contributed by atoms with Gasteiger partial charge in [-0.15, -0.1) is 0 Å². The third kappa shape index (κ3) is 3.86. The number of ether oxygens (including phenoxy) is 1. The van der Waals surface area contributed by atoms with E-state index in [1.807, 2.05) is 36.4 Å². The highest BCUT2D eigenvalue weighted by atomic mass is 16.5. The van der Waals surface area contributed by atoms with Gasteiger partial charge in [-0.3, -0.25) is 0 Å². The van der Waals surface area contributed by atoms with Crippen LogP contribution in [0.5, 0.6) is 0 Å². The summed E-state index contributed by atoms with van der Waals surface area (Å²) in [4.78, 5) is 11.9. The zero-order valence-electron chi connectivity index (χ0n) is 12.5. The predicted octanol–water partition coefficient (Wildman–Crippen LogP) is 3.54. The van der Waals surface area contributed by atoms with Crippen LogP contribution in [0.1, 0.15) is 28.4 Å². The van der Waals surface area contributed by atoms with Gasteiger partial charge in [-0.05, 0) is 30.2 Å². The van der Waals surface area contributed by atoms with Crippen LogP contribution in [-0.2, 0) is 17.7 Å². The maximum absolute atomic E-state index is 11.9. The van der Waals surface area contributed by atoms with E-state index in [1.54, 1.807) is 19.1 Å². The average molecular weight is 294 g/mol. The Kier molecular flexibility index (Phi) is 5.56. The van der Waals surface area contributed by atoms with Crippen molar-refractivity contribution in [1.29, 1.82) is 5.26 Å². The number of carbonyl (C=O) groups excluding carboxylic acids is 1. The Bertz CT molecular complexity index is 689. The Balaban J connectivity index is 2.16. The highest BCUT2D eigenvalue weighted by Gasteiger charge is 2.11. The maximum Gasteiger partial charge on any atom is 0.340 e. The molecule has 22 heavy (non-hydrogen) atoms. The minimum absolute atomic E-state index is 0.337. The molecule has 0 saturated carbocycles. The zero-order chi connectivity index (χ0) is 15.8. The molecule has 4 heteroatoms. The highest BCUT2D eigenvalue weighted by Crippen LogP contribution is 2.18. The summed E-state index contributed by atoms with van der Waals surface area (Å²) in [5.74, 6) is -0.337. The zero-order valence-corrected chi connectivity index (χ0v) is 12.5. The smallest absolute Gasteiger partial charge is 0.340 e. The molecule has 0 saturated heterocycles. The number of esters is 1. The molecule has 0 aromatic heterocycles. The minimum Gasteiger partial charge on any atom is -0.462 e. The molecule has 0 amide bonds. The van der Waals surface area contributed by atoms with Gasteiger partial charge >= 0.3 is 5.97 Å². The summed E-state index contributed by atoms with van der Waals surface area (Å²) >= 11 is 0. The fraction of sp³-hybridized carbons (Fsp3) is 0.222. The standard InChI is InChI=1S/C18H18N2O2/c1-2-22-18(21)16-9-5-6-10-17(16)20-13-15-8-4-3-7-14(15)11-12-19/h3-10,20H,2,11,13H2,1H3. The van der Waals surface area contributed by atoms with E-state index in [1.165, 1.54) is 0 Å². The quantitative estimate of drug-likeness (QED) is 0.828. The summed E-state index contributed by atoms with van der Waals surface area (Å²) in [6.45, 7) is 2.68. The summed E-state index contributed by atoms with van der Waals surface area (Å²) < 4.78 is 5.06. The van der Waals surface area contributed by atoms with E-state index in [0.29, 0.717) is 25.1 Å². The molecule has 2 aromatic carbocycles. The van der Waals surface area contributed by atoms with Crippen molar-refractivity contribution in [2.45, 2.75) is 19.9 Å². The van der Waals surface area contributed by atoms with Gasteiger partial charge in [-0.1, -0.05) is 36.4 Å². The van der Waals surface area contributed by atoms with Crippen LogP contribution in [0, 0.1) is 11.3 Å². The van der Waals surface area contributed by atoms with Gasteiger partial charge in [0.15, 0.2) is 0 Å². The van der Waals surface area contributed by atoms with Crippen LogP contribution in [0.25, 0.3) is 0 Å². The van der Waals surface area contributed by atoms with Crippen LogP contribution >= 0.6 is 0 Å². The Morgan fingerprint density at radius 3 is 2.55 bits per heavy atom. The number of para-hydroxylation sites is 1. The lowest BCUT2D eigenvalue weighted by Gasteiger charge is -2.13. The summed E-state index contributed by atoms with van der Waals surface area (Å²) in [6, 6.07) is 17.2. The lowest BCUT2D eigenvalue weighted by molar-refractivity contribution is 0.0527. The first-order chi connectivity index (χ1) is 10.8. The molecule has 2 rings (SSSR count). The summed E-state index contributed by atoms with van der Waals surface area (Å²) in [5, 5.41) is 12.1. The summed E-state index contributed by atoms with van der Waals surface area (Å²) in [6.07, 6.45) is 0.372. The van der Waals surface area contributed by atoms with Crippen LogP contribution in [0.2, 0.25) is 0 Å². The molecular weight excluding hydrogens is 276 g/mol. The molecule has 0 spiro atoms. The van der Waals surface area contributed by atoms with E-state index in [-0.39, 0.29) is 5.97 Å². The van der Waals surface area contributed by atoms with Crippen molar-refractivity contribution in [2.75, 3.05) is 11.9 Å². The third-order valence-corrected chi connectivity index (χ3v) is 3.28. The first-order valence-electron chi connectivity index (χ1n) is 7.20. The van der Waals surface area contributed by atoms with Crippen LogP contribution in [0.3, 0.4) is 0 Å². The van der Waals surface area contributed by atoms with Crippen molar-refractivity contribution in [2.24, 2.45) is 0 Å². The lowest BCUT2D eigenvalue weighted by atomic mass is 10.0. The molecule has 0 atom stereocenters. The van der Waals surface area contributed by atoms with Crippen molar-refractivity contribution >= 4 is 11.7 Å². The van der Waals surface area contributed by atoms with Crippen molar-refractivity contribution in [3.05, 3.63) is 65.2 Å². The van der Waals surface area contributed by atoms with Gasteiger partial charge in [-0.2, -0.15) is 5.26 Å². The molecule has 0 aliphatic carbocycles. The second-order valence-electron chi connectivity index (χ2n) is 4.72. The fourth-order valence-corrected chi connectivity index (χ4v) is 2.20. The number of nitrogens with one attached hydrogen (secondary N) is 1. The van der Waals surface area contributed by atoms with Crippen molar-refractivity contribution < 1.29 is 9.53 Å². The average Bonchev–Trinajstić information content (AvgIpc) is 2.55. The van der Waals surface area contributed by atoms with E-state index < -0.39 is 0 Å². The molecule has 0 bridgehead atoms. The molecule has 4 nitrogen and oxygen atoms in total. The Morgan fingerprint density at radius 2 is 1.82 bits per heavy atom. The van der Waals surface area contributed by atoms with Gasteiger partial charge in [0.05, 0.1) is 24.7 Å². The van der Waals surface area contributed by atoms with Crippen LogP contribution < -0.4 is 5.32 Å². The SMILES string of the molecule is CCOC(=O)c1ccccc1NCc1ccccc1CC#N. The van der Waals surface area contributed by atoms with Crippen molar-refractivity contribution in [3.8, 4) is 6.07 Å². The highest BCUT2D eigenvalue weighted by molar-refractivity contribution is 5.95. The number of anilines is 1. The first kappa shape index (κ1) is 15.6. The Hall–Kier alpha value is -2.80. The van der Waals surface area contributed by atoms with Gasteiger partial charge in [0.25, 0.3) is 0 Å². The number of rotatable bonds is 6. The molecule has 0 aliphatic rings. The predicted molar refractivity (Wildman–Crippen MR) is 85.5 cm³/mol. The molecule has 112 valence electrons. The minimum atomic E-state index is -0.337. The maximum atomic E-state index is 11.9. The van der Waals surface area contributed by atoms with Gasteiger partial charge in [0.2, 0.25) is 0 Å². The number of carbonyl (C=O) groups is 1. The molecule has 0 heterocycles. The topological polar surface area (TPSA) is 62.1 Å². The van der Waals surface area contributed by atoms with Crippen molar-refractivity contribution in [1.82, 2.24) is 0 Å². The molecule has 1 N–H and O–H groups in total. The second kappa shape index (κ2) is 7.84. The van der Waals surface area contributed by atoms with E-state index in [4.69, 9.17) is 10.00 Å². The lowest BCUT2D eigenvalue weighted by Crippen LogP contribution is -2.10. The Labute approximate surface area is 130 Å². The Morgan fingerprint density at radius 1 is 1.14 bits per heavy atom. The van der Waals surface area contributed by atoms with Crippen LogP contribution in [0.4, 0.5) is 5.69 Å². The van der Waals surface area contributed by atoms with E-state index in [2.05, 4.69) is 11.4 Å². The van der Waals surface area contributed by atoms with E-state index >= 15 is 0 Å². The van der Waals surface area contributed by atoms with Gasteiger partial charge in [0, 0.05) is 12.2 Å².